The summed E-state index contributed by atoms with van der Waals surface area (Å²) < 4.78 is 11.9. The Morgan fingerprint density at radius 1 is 1.35 bits per heavy atom. The molecule has 0 aliphatic heterocycles. The van der Waals surface area contributed by atoms with Crippen molar-refractivity contribution in [3.05, 3.63) is 34.8 Å². The Balaban J connectivity index is 3.29. The van der Waals surface area contributed by atoms with Gasteiger partial charge in [-0.05, 0) is 33.5 Å². The van der Waals surface area contributed by atoms with E-state index < -0.39 is 0 Å². The van der Waals surface area contributed by atoms with Gasteiger partial charge in [-0.1, -0.05) is 33.4 Å². The molecule has 17 heavy (non-hydrogen) atoms. The van der Waals surface area contributed by atoms with Crippen LogP contribution in [0.15, 0.2) is 29.3 Å². The Kier molecular flexibility index (Phi) is 4.63. The fourth-order valence-electron chi connectivity index (χ4n) is 1.53. The van der Waals surface area contributed by atoms with E-state index in [1.165, 1.54) is 0 Å². The first-order valence-electron chi connectivity index (χ1n) is 5.52. The lowest BCUT2D eigenvalue weighted by atomic mass is 9.86. The van der Waals surface area contributed by atoms with E-state index >= 15 is 0 Å². The van der Waals surface area contributed by atoms with Gasteiger partial charge in [0.15, 0.2) is 0 Å². The summed E-state index contributed by atoms with van der Waals surface area (Å²) in [6, 6.07) is 3.93. The summed E-state index contributed by atoms with van der Waals surface area (Å²) in [7, 11) is 1.67. The summed E-state index contributed by atoms with van der Waals surface area (Å²) in [5, 5.41) is 0. The minimum Gasteiger partial charge on any atom is -0.497 e. The Morgan fingerprint density at radius 2 is 2.00 bits per heavy atom. The van der Waals surface area contributed by atoms with Gasteiger partial charge in [-0.25, -0.2) is 0 Å². The van der Waals surface area contributed by atoms with Gasteiger partial charge in [-0.2, -0.15) is 0 Å². The van der Waals surface area contributed by atoms with Crippen LogP contribution in [0, 0.1) is 0 Å². The Bertz CT molecular complexity index is 405. The molecule has 0 heterocycles. The highest BCUT2D eigenvalue weighted by Crippen LogP contribution is 2.40. The van der Waals surface area contributed by atoms with Crippen LogP contribution in [0.25, 0.3) is 0 Å². The zero-order valence-corrected chi connectivity index (χ0v) is 12.4. The SMILES string of the molecule is C=CCOc1c(Br)cc(OC)cc1C(C)(C)C. The van der Waals surface area contributed by atoms with Crippen LogP contribution in [0.2, 0.25) is 0 Å². The number of benzene rings is 1. The summed E-state index contributed by atoms with van der Waals surface area (Å²) in [6.07, 6.45) is 1.74. The molecule has 1 aromatic carbocycles. The molecule has 0 aromatic heterocycles. The van der Waals surface area contributed by atoms with Gasteiger partial charge in [-0.3, -0.25) is 0 Å². The van der Waals surface area contributed by atoms with Crippen molar-refractivity contribution < 1.29 is 9.47 Å². The van der Waals surface area contributed by atoms with E-state index in [0.29, 0.717) is 6.61 Å². The van der Waals surface area contributed by atoms with Gasteiger partial charge in [0.25, 0.3) is 0 Å². The van der Waals surface area contributed by atoms with E-state index in [-0.39, 0.29) is 5.41 Å². The molecule has 0 spiro atoms. The fraction of sp³-hybridized carbons (Fsp3) is 0.429. The maximum atomic E-state index is 5.72. The van der Waals surface area contributed by atoms with E-state index in [1.54, 1.807) is 13.2 Å². The van der Waals surface area contributed by atoms with Gasteiger partial charge >= 0.3 is 0 Å². The maximum Gasteiger partial charge on any atom is 0.137 e. The molecule has 0 atom stereocenters. The van der Waals surface area contributed by atoms with Crippen LogP contribution >= 0.6 is 15.9 Å². The van der Waals surface area contributed by atoms with Crippen LogP contribution < -0.4 is 9.47 Å². The summed E-state index contributed by atoms with van der Waals surface area (Å²) in [4.78, 5) is 0. The lowest BCUT2D eigenvalue weighted by Crippen LogP contribution is -2.14. The van der Waals surface area contributed by atoms with Gasteiger partial charge in [0, 0.05) is 5.56 Å². The van der Waals surface area contributed by atoms with Gasteiger partial charge < -0.3 is 9.47 Å². The normalized spacial score (nSPS) is 11.1. The Hall–Kier alpha value is -0.960. The number of hydrogen-bond donors (Lipinski definition) is 0. The van der Waals surface area contributed by atoms with Crippen molar-refractivity contribution in [3.8, 4) is 11.5 Å². The third-order valence-electron chi connectivity index (χ3n) is 2.41. The first-order chi connectivity index (χ1) is 7.90. The van der Waals surface area contributed by atoms with Crippen molar-refractivity contribution in [1.29, 1.82) is 0 Å². The number of hydrogen-bond acceptors (Lipinski definition) is 2. The molecule has 0 radical (unpaired) electrons. The van der Waals surface area contributed by atoms with Crippen molar-refractivity contribution >= 4 is 15.9 Å². The fourth-order valence-corrected chi connectivity index (χ4v) is 2.09. The highest BCUT2D eigenvalue weighted by atomic mass is 79.9. The van der Waals surface area contributed by atoms with Crippen LogP contribution in [0.5, 0.6) is 11.5 Å². The standard InChI is InChI=1S/C14H19BrO2/c1-6-7-17-13-11(14(2,3)4)8-10(16-5)9-12(13)15/h6,8-9H,1,7H2,2-5H3. The molecule has 0 aliphatic carbocycles. The average Bonchev–Trinajstić information content (AvgIpc) is 2.25. The molecule has 1 rings (SSSR count). The monoisotopic (exact) mass is 298 g/mol. The van der Waals surface area contributed by atoms with E-state index in [9.17, 15) is 0 Å². The molecule has 0 bridgehead atoms. The largest absolute Gasteiger partial charge is 0.497 e. The van der Waals surface area contributed by atoms with Crippen molar-refractivity contribution in [1.82, 2.24) is 0 Å². The molecule has 0 unspecified atom stereocenters. The van der Waals surface area contributed by atoms with Crippen molar-refractivity contribution in [2.24, 2.45) is 0 Å². The smallest absolute Gasteiger partial charge is 0.137 e. The molecule has 0 N–H and O–H groups in total. The first kappa shape index (κ1) is 14.1. The average molecular weight is 299 g/mol. The molecule has 0 saturated heterocycles. The second kappa shape index (κ2) is 5.58. The maximum absolute atomic E-state index is 5.72. The Morgan fingerprint density at radius 3 is 2.47 bits per heavy atom. The van der Waals surface area contributed by atoms with E-state index in [4.69, 9.17) is 9.47 Å². The summed E-state index contributed by atoms with van der Waals surface area (Å²) in [5.74, 6) is 1.69. The number of ether oxygens (including phenoxy) is 2. The zero-order chi connectivity index (χ0) is 13.1. The molecular weight excluding hydrogens is 280 g/mol. The van der Waals surface area contributed by atoms with Gasteiger partial charge in [-0.15, -0.1) is 0 Å². The van der Waals surface area contributed by atoms with Crippen LogP contribution in [0.1, 0.15) is 26.3 Å². The second-order valence-electron chi connectivity index (χ2n) is 4.84. The Labute approximate surface area is 112 Å². The number of methoxy groups -OCH3 is 1. The lowest BCUT2D eigenvalue weighted by Gasteiger charge is -2.24. The van der Waals surface area contributed by atoms with E-state index in [2.05, 4.69) is 43.3 Å². The molecule has 2 nitrogen and oxygen atoms in total. The molecule has 1 aromatic rings. The van der Waals surface area contributed by atoms with Gasteiger partial charge in [0.2, 0.25) is 0 Å². The quantitative estimate of drug-likeness (QED) is 0.771. The number of halogens is 1. The molecule has 0 fully saturated rings. The predicted molar refractivity (Wildman–Crippen MR) is 75.1 cm³/mol. The summed E-state index contributed by atoms with van der Waals surface area (Å²) >= 11 is 3.52. The highest BCUT2D eigenvalue weighted by Gasteiger charge is 2.22. The van der Waals surface area contributed by atoms with Crippen LogP contribution in [0.3, 0.4) is 0 Å². The number of rotatable bonds is 4. The molecule has 94 valence electrons. The van der Waals surface area contributed by atoms with Gasteiger partial charge in [0.05, 0.1) is 11.6 Å². The van der Waals surface area contributed by atoms with Crippen LogP contribution in [0.4, 0.5) is 0 Å². The lowest BCUT2D eigenvalue weighted by molar-refractivity contribution is 0.345. The van der Waals surface area contributed by atoms with Crippen molar-refractivity contribution in [3.63, 3.8) is 0 Å². The van der Waals surface area contributed by atoms with Crippen LogP contribution in [-0.4, -0.2) is 13.7 Å². The predicted octanol–water partition coefficient (Wildman–Crippen LogP) is 4.32. The highest BCUT2D eigenvalue weighted by molar-refractivity contribution is 9.10. The van der Waals surface area contributed by atoms with Crippen molar-refractivity contribution in [2.45, 2.75) is 26.2 Å². The zero-order valence-electron chi connectivity index (χ0n) is 10.8. The first-order valence-corrected chi connectivity index (χ1v) is 6.31. The van der Waals surface area contributed by atoms with Crippen molar-refractivity contribution in [2.75, 3.05) is 13.7 Å². The molecule has 0 amide bonds. The summed E-state index contributed by atoms with van der Waals surface area (Å²) in [5.41, 5.74) is 1.11. The molecular formula is C14H19BrO2. The summed E-state index contributed by atoms with van der Waals surface area (Å²) in [6.45, 7) is 10.6. The second-order valence-corrected chi connectivity index (χ2v) is 5.69. The molecule has 3 heteroatoms. The van der Waals surface area contributed by atoms with E-state index in [1.807, 2.05) is 12.1 Å². The molecule has 0 aliphatic rings. The topological polar surface area (TPSA) is 18.5 Å². The third kappa shape index (κ3) is 3.50. The minimum absolute atomic E-state index is 0.00639. The van der Waals surface area contributed by atoms with E-state index in [0.717, 1.165) is 21.5 Å². The molecule has 0 saturated carbocycles. The van der Waals surface area contributed by atoms with Crippen LogP contribution in [-0.2, 0) is 5.41 Å². The van der Waals surface area contributed by atoms with Gasteiger partial charge in [0.1, 0.15) is 18.1 Å². The third-order valence-corrected chi connectivity index (χ3v) is 3.00. The minimum atomic E-state index is -0.00639.